The van der Waals surface area contributed by atoms with Gasteiger partial charge >= 0.3 is 0 Å². The van der Waals surface area contributed by atoms with E-state index in [9.17, 15) is 18.7 Å². The second-order valence-corrected chi connectivity index (χ2v) is 6.90. The number of aliphatic hydroxyl groups excluding tert-OH is 1. The maximum absolute atomic E-state index is 13.8. The third-order valence-electron chi connectivity index (χ3n) is 4.21. The molecule has 0 amide bonds. The molecular weight excluding hydrogens is 450 g/mol. The minimum Gasteiger partial charge on any atom is -0.495 e. The smallest absolute Gasteiger partial charge is 0.276 e. The molecule has 2 aromatic carbocycles. The Hall–Kier alpha value is -2.78. The van der Waals surface area contributed by atoms with Crippen molar-refractivity contribution in [1.29, 1.82) is 0 Å². The van der Waals surface area contributed by atoms with Crippen molar-refractivity contribution >= 4 is 15.9 Å². The predicted molar refractivity (Wildman–Crippen MR) is 105 cm³/mol. The SMILES string of the molecule is COc1cc(CO)ccc1-n1c(C)nc(OCc2ccc(F)cc2F)c(Br)c1=O. The van der Waals surface area contributed by atoms with Gasteiger partial charge in [0.15, 0.2) is 0 Å². The average Bonchev–Trinajstić information content (AvgIpc) is 2.71. The van der Waals surface area contributed by atoms with E-state index in [4.69, 9.17) is 9.47 Å². The summed E-state index contributed by atoms with van der Waals surface area (Å²) < 4.78 is 39.0. The number of hydrogen-bond donors (Lipinski definition) is 1. The Morgan fingerprint density at radius 2 is 1.97 bits per heavy atom. The first-order valence-electron chi connectivity index (χ1n) is 8.49. The molecule has 6 nitrogen and oxygen atoms in total. The van der Waals surface area contributed by atoms with Crippen LogP contribution in [0.2, 0.25) is 0 Å². The molecule has 1 N–H and O–H groups in total. The lowest BCUT2D eigenvalue weighted by Crippen LogP contribution is -2.24. The molecule has 0 aliphatic rings. The standard InChI is InChI=1S/C20H17BrF2N2O4/c1-11-24-19(29-10-13-4-5-14(22)8-15(13)23)18(21)20(27)25(11)16-6-3-12(9-26)7-17(16)28-2/h3-8,26H,9-10H2,1-2H3. The van der Waals surface area contributed by atoms with Gasteiger partial charge in [0, 0.05) is 11.6 Å². The number of rotatable bonds is 6. The topological polar surface area (TPSA) is 73.6 Å². The molecule has 0 atom stereocenters. The lowest BCUT2D eigenvalue weighted by atomic mass is 10.2. The molecule has 0 unspecified atom stereocenters. The molecular formula is C20H17BrF2N2O4. The van der Waals surface area contributed by atoms with Crippen LogP contribution in [0.1, 0.15) is 17.0 Å². The van der Waals surface area contributed by atoms with E-state index in [1.165, 1.54) is 17.7 Å². The van der Waals surface area contributed by atoms with E-state index in [0.29, 0.717) is 22.8 Å². The highest BCUT2D eigenvalue weighted by molar-refractivity contribution is 9.10. The molecule has 3 rings (SSSR count). The zero-order valence-electron chi connectivity index (χ0n) is 15.6. The third-order valence-corrected chi connectivity index (χ3v) is 4.89. The molecule has 1 aromatic heterocycles. The van der Waals surface area contributed by atoms with Crippen molar-refractivity contribution in [2.45, 2.75) is 20.1 Å². The predicted octanol–water partition coefficient (Wildman–Crippen LogP) is 3.66. The number of aliphatic hydroxyl groups is 1. The molecule has 9 heteroatoms. The fourth-order valence-corrected chi connectivity index (χ4v) is 3.13. The molecule has 0 bridgehead atoms. The molecule has 0 fully saturated rings. The van der Waals surface area contributed by atoms with Gasteiger partial charge in [-0.15, -0.1) is 0 Å². The number of nitrogens with zero attached hydrogens (tertiary/aromatic N) is 2. The van der Waals surface area contributed by atoms with Crippen molar-refractivity contribution in [3.63, 3.8) is 0 Å². The first-order valence-corrected chi connectivity index (χ1v) is 9.29. The van der Waals surface area contributed by atoms with E-state index < -0.39 is 17.2 Å². The van der Waals surface area contributed by atoms with Gasteiger partial charge in [-0.2, -0.15) is 4.98 Å². The van der Waals surface area contributed by atoms with Gasteiger partial charge in [0.1, 0.15) is 34.3 Å². The summed E-state index contributed by atoms with van der Waals surface area (Å²) in [4.78, 5) is 17.2. The van der Waals surface area contributed by atoms with Crippen LogP contribution < -0.4 is 15.0 Å². The summed E-state index contributed by atoms with van der Waals surface area (Å²) in [6.45, 7) is 1.22. The van der Waals surface area contributed by atoms with E-state index in [2.05, 4.69) is 20.9 Å². The van der Waals surface area contributed by atoms with Crippen molar-refractivity contribution in [2.75, 3.05) is 7.11 Å². The fourth-order valence-electron chi connectivity index (χ4n) is 2.75. The second-order valence-electron chi connectivity index (χ2n) is 6.11. The Bertz CT molecular complexity index is 1120. The first-order chi connectivity index (χ1) is 13.8. The van der Waals surface area contributed by atoms with Crippen LogP contribution in [-0.2, 0) is 13.2 Å². The van der Waals surface area contributed by atoms with E-state index in [0.717, 1.165) is 12.1 Å². The van der Waals surface area contributed by atoms with Crippen LogP contribution in [0.4, 0.5) is 8.78 Å². The molecule has 3 aromatic rings. The monoisotopic (exact) mass is 466 g/mol. The lowest BCUT2D eigenvalue weighted by Gasteiger charge is -2.16. The maximum atomic E-state index is 13.8. The number of ether oxygens (including phenoxy) is 2. The van der Waals surface area contributed by atoms with E-state index >= 15 is 0 Å². The molecule has 0 aliphatic carbocycles. The van der Waals surface area contributed by atoms with Gasteiger partial charge in [-0.3, -0.25) is 9.36 Å². The number of halogens is 3. The van der Waals surface area contributed by atoms with E-state index in [1.807, 2.05) is 0 Å². The minimum absolute atomic E-state index is 0.0154. The average molecular weight is 467 g/mol. The van der Waals surface area contributed by atoms with Crippen LogP contribution in [0.5, 0.6) is 11.6 Å². The van der Waals surface area contributed by atoms with Crippen molar-refractivity contribution in [1.82, 2.24) is 9.55 Å². The van der Waals surface area contributed by atoms with Crippen LogP contribution in [0.15, 0.2) is 45.7 Å². The normalized spacial score (nSPS) is 10.8. The molecule has 0 aliphatic heterocycles. The van der Waals surface area contributed by atoms with Gasteiger partial charge in [-0.1, -0.05) is 6.07 Å². The Kier molecular flexibility index (Phi) is 6.29. The number of methoxy groups -OCH3 is 1. The number of benzene rings is 2. The Morgan fingerprint density at radius 3 is 2.62 bits per heavy atom. The Labute approximate surface area is 173 Å². The molecule has 152 valence electrons. The largest absolute Gasteiger partial charge is 0.495 e. The highest BCUT2D eigenvalue weighted by Gasteiger charge is 2.18. The zero-order chi connectivity index (χ0) is 21.1. The summed E-state index contributed by atoms with van der Waals surface area (Å²) in [5.41, 5.74) is 0.742. The summed E-state index contributed by atoms with van der Waals surface area (Å²) in [6, 6.07) is 8.07. The Balaban J connectivity index is 1.98. The van der Waals surface area contributed by atoms with E-state index in [1.54, 1.807) is 25.1 Å². The van der Waals surface area contributed by atoms with Crippen LogP contribution >= 0.6 is 15.9 Å². The number of hydrogen-bond acceptors (Lipinski definition) is 5. The summed E-state index contributed by atoms with van der Waals surface area (Å²) >= 11 is 3.19. The second kappa shape index (κ2) is 8.71. The number of aromatic nitrogens is 2. The van der Waals surface area contributed by atoms with Crippen LogP contribution in [0, 0.1) is 18.6 Å². The quantitative estimate of drug-likeness (QED) is 0.599. The maximum Gasteiger partial charge on any atom is 0.276 e. The van der Waals surface area contributed by atoms with Crippen molar-refractivity contribution < 1.29 is 23.4 Å². The van der Waals surface area contributed by atoms with Crippen LogP contribution in [0.3, 0.4) is 0 Å². The summed E-state index contributed by atoms with van der Waals surface area (Å²) in [5, 5.41) is 9.29. The highest BCUT2D eigenvalue weighted by Crippen LogP contribution is 2.27. The molecule has 0 radical (unpaired) electrons. The van der Waals surface area contributed by atoms with Gasteiger partial charge in [0.25, 0.3) is 5.56 Å². The summed E-state index contributed by atoms with van der Waals surface area (Å²) in [7, 11) is 1.46. The molecule has 1 heterocycles. The van der Waals surface area contributed by atoms with Gasteiger partial charge in [-0.05, 0) is 52.7 Å². The molecule has 0 spiro atoms. The van der Waals surface area contributed by atoms with Gasteiger partial charge in [-0.25, -0.2) is 8.78 Å². The lowest BCUT2D eigenvalue weighted by molar-refractivity contribution is 0.281. The minimum atomic E-state index is -0.750. The first kappa shape index (κ1) is 20.9. The van der Waals surface area contributed by atoms with Gasteiger partial charge in [0.05, 0.1) is 19.4 Å². The highest BCUT2D eigenvalue weighted by atomic mass is 79.9. The number of aryl methyl sites for hydroxylation is 1. The Morgan fingerprint density at radius 1 is 1.21 bits per heavy atom. The summed E-state index contributed by atoms with van der Waals surface area (Å²) in [6.07, 6.45) is 0. The van der Waals surface area contributed by atoms with E-state index in [-0.39, 0.29) is 29.1 Å². The van der Waals surface area contributed by atoms with Crippen molar-refractivity contribution in [2.24, 2.45) is 0 Å². The van der Waals surface area contributed by atoms with Crippen LogP contribution in [0.25, 0.3) is 5.69 Å². The summed E-state index contributed by atoms with van der Waals surface area (Å²) in [5.74, 6) is -0.760. The van der Waals surface area contributed by atoms with Gasteiger partial charge in [0.2, 0.25) is 5.88 Å². The zero-order valence-corrected chi connectivity index (χ0v) is 17.2. The fraction of sp³-hybridized carbons (Fsp3) is 0.200. The molecule has 0 saturated heterocycles. The van der Waals surface area contributed by atoms with Crippen molar-refractivity contribution in [3.05, 3.63) is 79.8 Å². The third kappa shape index (κ3) is 4.30. The van der Waals surface area contributed by atoms with Crippen molar-refractivity contribution in [3.8, 4) is 17.3 Å². The van der Waals surface area contributed by atoms with Crippen LogP contribution in [-0.4, -0.2) is 21.8 Å². The van der Waals surface area contributed by atoms with Gasteiger partial charge < -0.3 is 14.6 Å². The molecule has 29 heavy (non-hydrogen) atoms. The molecule has 0 saturated carbocycles.